The van der Waals surface area contributed by atoms with E-state index in [0.717, 1.165) is 17.7 Å². The number of carbonyl (C=O) groups is 2. The predicted molar refractivity (Wildman–Crippen MR) is 92.2 cm³/mol. The van der Waals surface area contributed by atoms with E-state index < -0.39 is 0 Å². The Morgan fingerprint density at radius 1 is 1.04 bits per heavy atom. The Hall–Kier alpha value is -2.28. The molecule has 0 unspecified atom stereocenters. The zero-order chi connectivity index (χ0) is 17.1. The van der Waals surface area contributed by atoms with Gasteiger partial charge in [0.2, 0.25) is 0 Å². The van der Waals surface area contributed by atoms with Crippen molar-refractivity contribution in [2.75, 3.05) is 26.2 Å². The summed E-state index contributed by atoms with van der Waals surface area (Å²) in [5, 5.41) is 3.77. The third-order valence-corrected chi connectivity index (χ3v) is 4.71. The van der Waals surface area contributed by atoms with Gasteiger partial charge in [0, 0.05) is 37.3 Å². The molecule has 1 aliphatic rings. The van der Waals surface area contributed by atoms with Crippen LogP contribution in [0.3, 0.4) is 0 Å². The second-order valence-corrected chi connectivity index (χ2v) is 6.67. The van der Waals surface area contributed by atoms with Crippen LogP contribution in [0.4, 0.5) is 0 Å². The lowest BCUT2D eigenvalue weighted by molar-refractivity contribution is 0.0715. The first-order valence-corrected chi connectivity index (χ1v) is 8.92. The fourth-order valence-electron chi connectivity index (χ4n) is 2.88. The van der Waals surface area contributed by atoms with Gasteiger partial charge in [-0.25, -0.2) is 9.97 Å². The Labute approximate surface area is 145 Å². The SMILES string of the molecule is Cc1cc(C(=O)N2CCCN(C(=O)c3ccsc3)CC2)nc(C)n1. The van der Waals surface area contributed by atoms with Crippen LogP contribution in [0.5, 0.6) is 0 Å². The fraction of sp³-hybridized carbons (Fsp3) is 0.412. The lowest BCUT2D eigenvalue weighted by Gasteiger charge is -2.22. The van der Waals surface area contributed by atoms with Gasteiger partial charge >= 0.3 is 0 Å². The second-order valence-electron chi connectivity index (χ2n) is 5.89. The van der Waals surface area contributed by atoms with Gasteiger partial charge in [-0.05, 0) is 37.8 Å². The molecule has 0 N–H and O–H groups in total. The van der Waals surface area contributed by atoms with Crippen molar-refractivity contribution in [2.24, 2.45) is 0 Å². The van der Waals surface area contributed by atoms with Crippen molar-refractivity contribution in [3.05, 3.63) is 45.7 Å². The van der Waals surface area contributed by atoms with Crippen LogP contribution in [0, 0.1) is 13.8 Å². The van der Waals surface area contributed by atoms with Crippen molar-refractivity contribution >= 4 is 23.2 Å². The summed E-state index contributed by atoms with van der Waals surface area (Å²) >= 11 is 1.52. The summed E-state index contributed by atoms with van der Waals surface area (Å²) in [5.74, 6) is 0.551. The molecule has 2 aromatic heterocycles. The first-order valence-electron chi connectivity index (χ1n) is 7.97. The molecule has 24 heavy (non-hydrogen) atoms. The summed E-state index contributed by atoms with van der Waals surface area (Å²) in [6, 6.07) is 3.56. The molecule has 0 radical (unpaired) electrons. The molecule has 0 aliphatic carbocycles. The smallest absolute Gasteiger partial charge is 0.272 e. The molecule has 0 aromatic carbocycles. The molecule has 0 atom stereocenters. The number of rotatable bonds is 2. The van der Waals surface area contributed by atoms with Crippen LogP contribution in [0.25, 0.3) is 0 Å². The lowest BCUT2D eigenvalue weighted by atomic mass is 10.2. The highest BCUT2D eigenvalue weighted by Crippen LogP contribution is 2.13. The fourth-order valence-corrected chi connectivity index (χ4v) is 3.51. The van der Waals surface area contributed by atoms with Gasteiger partial charge in [-0.3, -0.25) is 9.59 Å². The molecule has 0 spiro atoms. The molecule has 0 saturated carbocycles. The Bertz CT molecular complexity index is 725. The predicted octanol–water partition coefficient (Wildman–Crippen LogP) is 2.14. The first-order chi connectivity index (χ1) is 11.5. The largest absolute Gasteiger partial charge is 0.337 e. The molecule has 3 heterocycles. The molecule has 1 fully saturated rings. The number of carbonyl (C=O) groups excluding carboxylic acids is 2. The van der Waals surface area contributed by atoms with E-state index in [4.69, 9.17) is 0 Å². The van der Waals surface area contributed by atoms with Crippen molar-refractivity contribution < 1.29 is 9.59 Å². The summed E-state index contributed by atoms with van der Waals surface area (Å²) in [5.41, 5.74) is 1.94. The van der Waals surface area contributed by atoms with Crippen molar-refractivity contribution in [3.8, 4) is 0 Å². The van der Waals surface area contributed by atoms with Crippen molar-refractivity contribution in [3.63, 3.8) is 0 Å². The Kier molecular flexibility index (Phi) is 4.89. The number of aryl methyl sites for hydroxylation is 2. The summed E-state index contributed by atoms with van der Waals surface area (Å²) in [7, 11) is 0. The van der Waals surface area contributed by atoms with Gasteiger partial charge in [0.15, 0.2) is 0 Å². The Morgan fingerprint density at radius 3 is 2.38 bits per heavy atom. The van der Waals surface area contributed by atoms with E-state index in [1.54, 1.807) is 17.9 Å². The van der Waals surface area contributed by atoms with Gasteiger partial charge in [0.05, 0.1) is 5.56 Å². The minimum absolute atomic E-state index is 0.0410. The molecule has 2 amide bonds. The third-order valence-electron chi connectivity index (χ3n) is 4.02. The summed E-state index contributed by atoms with van der Waals surface area (Å²) < 4.78 is 0. The maximum Gasteiger partial charge on any atom is 0.272 e. The zero-order valence-corrected chi connectivity index (χ0v) is 14.7. The van der Waals surface area contributed by atoms with Gasteiger partial charge in [0.25, 0.3) is 11.8 Å². The Balaban J connectivity index is 1.69. The van der Waals surface area contributed by atoms with Crippen LogP contribution < -0.4 is 0 Å². The molecule has 1 aliphatic heterocycles. The molecule has 6 nitrogen and oxygen atoms in total. The molecule has 7 heteroatoms. The van der Waals surface area contributed by atoms with Gasteiger partial charge in [-0.1, -0.05) is 0 Å². The summed E-state index contributed by atoms with van der Waals surface area (Å²) in [4.78, 5) is 37.2. The number of hydrogen-bond acceptors (Lipinski definition) is 5. The number of nitrogens with zero attached hydrogens (tertiary/aromatic N) is 4. The highest BCUT2D eigenvalue weighted by molar-refractivity contribution is 7.08. The maximum absolute atomic E-state index is 12.7. The van der Waals surface area contributed by atoms with E-state index in [1.807, 2.05) is 28.7 Å². The van der Waals surface area contributed by atoms with Crippen LogP contribution in [-0.4, -0.2) is 57.8 Å². The zero-order valence-electron chi connectivity index (χ0n) is 13.9. The van der Waals surface area contributed by atoms with Crippen LogP contribution in [0.15, 0.2) is 22.9 Å². The van der Waals surface area contributed by atoms with E-state index in [0.29, 0.717) is 37.7 Å². The van der Waals surface area contributed by atoms with Crippen LogP contribution in [0.2, 0.25) is 0 Å². The van der Waals surface area contributed by atoms with E-state index in [2.05, 4.69) is 9.97 Å². The van der Waals surface area contributed by atoms with E-state index >= 15 is 0 Å². The van der Waals surface area contributed by atoms with Crippen LogP contribution in [-0.2, 0) is 0 Å². The lowest BCUT2D eigenvalue weighted by Crippen LogP contribution is -2.37. The first kappa shape index (κ1) is 16.6. The third kappa shape index (κ3) is 3.62. The number of thiophene rings is 1. The maximum atomic E-state index is 12.7. The normalized spacial score (nSPS) is 15.2. The molecular formula is C17H20N4O2S. The highest BCUT2D eigenvalue weighted by atomic mass is 32.1. The quantitative estimate of drug-likeness (QED) is 0.837. The number of aromatic nitrogens is 2. The van der Waals surface area contributed by atoms with E-state index in [-0.39, 0.29) is 11.8 Å². The number of hydrogen-bond donors (Lipinski definition) is 0. The topological polar surface area (TPSA) is 66.4 Å². The monoisotopic (exact) mass is 344 g/mol. The van der Waals surface area contributed by atoms with Crippen LogP contribution >= 0.6 is 11.3 Å². The minimum atomic E-state index is -0.0894. The minimum Gasteiger partial charge on any atom is -0.337 e. The molecular weight excluding hydrogens is 324 g/mol. The van der Waals surface area contributed by atoms with Gasteiger partial charge < -0.3 is 9.80 Å². The van der Waals surface area contributed by atoms with Gasteiger partial charge in [0.1, 0.15) is 11.5 Å². The van der Waals surface area contributed by atoms with Gasteiger partial charge in [-0.15, -0.1) is 0 Å². The average Bonchev–Trinajstić information content (AvgIpc) is 2.97. The summed E-state index contributed by atoms with van der Waals surface area (Å²) in [6.45, 7) is 6.01. The Morgan fingerprint density at radius 2 is 1.75 bits per heavy atom. The number of amides is 2. The average molecular weight is 344 g/mol. The van der Waals surface area contributed by atoms with E-state index in [9.17, 15) is 9.59 Å². The van der Waals surface area contributed by atoms with Crippen LogP contribution in [0.1, 0.15) is 38.8 Å². The highest BCUT2D eigenvalue weighted by Gasteiger charge is 2.24. The molecule has 1 saturated heterocycles. The standard InChI is InChI=1S/C17H20N4O2S/c1-12-10-15(19-13(2)18-12)17(23)21-6-3-5-20(7-8-21)16(22)14-4-9-24-11-14/h4,9-11H,3,5-8H2,1-2H3. The van der Waals surface area contributed by atoms with Crippen molar-refractivity contribution in [1.82, 2.24) is 19.8 Å². The molecule has 2 aromatic rings. The van der Waals surface area contributed by atoms with E-state index in [1.165, 1.54) is 11.3 Å². The van der Waals surface area contributed by atoms with Crippen molar-refractivity contribution in [1.29, 1.82) is 0 Å². The summed E-state index contributed by atoms with van der Waals surface area (Å²) in [6.07, 6.45) is 0.769. The second kappa shape index (κ2) is 7.09. The molecule has 126 valence electrons. The molecule has 0 bridgehead atoms. The van der Waals surface area contributed by atoms with Crippen molar-refractivity contribution in [2.45, 2.75) is 20.3 Å². The van der Waals surface area contributed by atoms with Gasteiger partial charge in [-0.2, -0.15) is 11.3 Å². The molecule has 3 rings (SSSR count).